The maximum absolute atomic E-state index is 3.72. The van der Waals surface area contributed by atoms with Crippen LogP contribution in [-0.4, -0.2) is 23.6 Å². The first-order valence-corrected chi connectivity index (χ1v) is 9.78. The molecular formula is C17H35NS. The van der Waals surface area contributed by atoms with Gasteiger partial charge in [0.15, 0.2) is 0 Å². The highest BCUT2D eigenvalue weighted by atomic mass is 32.2. The van der Waals surface area contributed by atoms with Gasteiger partial charge in [-0.1, -0.05) is 65.2 Å². The summed E-state index contributed by atoms with van der Waals surface area (Å²) in [6, 6.07) is 0.789. The van der Waals surface area contributed by atoms with Crippen molar-refractivity contribution in [3.8, 4) is 0 Å². The van der Waals surface area contributed by atoms with E-state index in [0.29, 0.717) is 0 Å². The van der Waals surface area contributed by atoms with E-state index in [4.69, 9.17) is 0 Å². The Morgan fingerprint density at radius 3 is 2.26 bits per heavy atom. The van der Waals surface area contributed by atoms with Gasteiger partial charge in [-0.15, -0.1) is 0 Å². The Bertz CT molecular complexity index is 190. The van der Waals surface area contributed by atoms with Crippen molar-refractivity contribution >= 4 is 11.8 Å². The van der Waals surface area contributed by atoms with Crippen LogP contribution in [0.3, 0.4) is 0 Å². The Morgan fingerprint density at radius 2 is 1.68 bits per heavy atom. The van der Waals surface area contributed by atoms with Gasteiger partial charge in [0, 0.05) is 11.3 Å². The third-order valence-corrected chi connectivity index (χ3v) is 5.77. The van der Waals surface area contributed by atoms with Crippen LogP contribution in [0.1, 0.15) is 84.5 Å². The lowest BCUT2D eigenvalue weighted by Gasteiger charge is -2.23. The van der Waals surface area contributed by atoms with Gasteiger partial charge in [0.25, 0.3) is 0 Å². The zero-order valence-corrected chi connectivity index (χ0v) is 14.1. The van der Waals surface area contributed by atoms with Gasteiger partial charge in [0.1, 0.15) is 0 Å². The summed E-state index contributed by atoms with van der Waals surface area (Å²) in [6.07, 6.45) is 15.8. The minimum atomic E-state index is 0.789. The summed E-state index contributed by atoms with van der Waals surface area (Å²) >= 11 is 2.21. The van der Waals surface area contributed by atoms with E-state index in [-0.39, 0.29) is 0 Å². The highest BCUT2D eigenvalue weighted by molar-refractivity contribution is 8.00. The molecule has 1 aliphatic rings. The van der Waals surface area contributed by atoms with Crippen molar-refractivity contribution < 1.29 is 0 Å². The monoisotopic (exact) mass is 285 g/mol. The Hall–Kier alpha value is 0.310. The summed E-state index contributed by atoms with van der Waals surface area (Å²) in [7, 11) is 0. The van der Waals surface area contributed by atoms with Crippen LogP contribution in [-0.2, 0) is 0 Å². The van der Waals surface area contributed by atoms with E-state index in [9.17, 15) is 0 Å². The Morgan fingerprint density at radius 1 is 1.00 bits per heavy atom. The second kappa shape index (κ2) is 12.1. The van der Waals surface area contributed by atoms with Crippen molar-refractivity contribution in [2.75, 3.05) is 12.3 Å². The molecule has 0 saturated carbocycles. The maximum Gasteiger partial charge on any atom is 0.0201 e. The molecule has 114 valence electrons. The summed E-state index contributed by atoms with van der Waals surface area (Å²) in [4.78, 5) is 0. The van der Waals surface area contributed by atoms with Crippen molar-refractivity contribution in [2.24, 2.45) is 0 Å². The second-order valence-electron chi connectivity index (χ2n) is 5.98. The quantitative estimate of drug-likeness (QED) is 0.482. The Balaban J connectivity index is 1.98. The molecule has 1 nitrogen and oxygen atoms in total. The molecule has 1 saturated heterocycles. The van der Waals surface area contributed by atoms with Crippen LogP contribution in [0.5, 0.6) is 0 Å². The summed E-state index contributed by atoms with van der Waals surface area (Å²) in [5.41, 5.74) is 0. The average molecular weight is 286 g/mol. The van der Waals surface area contributed by atoms with E-state index in [1.807, 2.05) is 0 Å². The number of hydrogen-bond donors (Lipinski definition) is 1. The van der Waals surface area contributed by atoms with Gasteiger partial charge in [0.05, 0.1) is 0 Å². The molecule has 1 aliphatic heterocycles. The van der Waals surface area contributed by atoms with Gasteiger partial charge in [-0.2, -0.15) is 11.8 Å². The first-order chi connectivity index (χ1) is 9.38. The van der Waals surface area contributed by atoms with Gasteiger partial charge in [-0.25, -0.2) is 0 Å². The van der Waals surface area contributed by atoms with Gasteiger partial charge < -0.3 is 5.32 Å². The van der Waals surface area contributed by atoms with Crippen LogP contribution in [0.15, 0.2) is 0 Å². The lowest BCUT2D eigenvalue weighted by Crippen LogP contribution is -2.36. The van der Waals surface area contributed by atoms with Crippen LogP contribution in [0, 0.1) is 0 Å². The smallest absolute Gasteiger partial charge is 0.0201 e. The number of unbranched alkanes of at least 4 members (excludes halogenated alkanes) is 7. The van der Waals surface area contributed by atoms with Crippen LogP contribution < -0.4 is 5.32 Å². The van der Waals surface area contributed by atoms with E-state index in [1.54, 1.807) is 0 Å². The molecule has 0 aromatic carbocycles. The summed E-state index contributed by atoms with van der Waals surface area (Å²) < 4.78 is 0. The Labute approximate surface area is 125 Å². The van der Waals surface area contributed by atoms with Crippen molar-refractivity contribution in [2.45, 2.75) is 95.8 Å². The molecule has 2 unspecified atom stereocenters. The third-order valence-electron chi connectivity index (χ3n) is 4.25. The molecule has 0 aliphatic carbocycles. The van der Waals surface area contributed by atoms with Gasteiger partial charge in [-0.3, -0.25) is 0 Å². The van der Waals surface area contributed by atoms with Crippen molar-refractivity contribution in [1.82, 2.24) is 5.32 Å². The number of nitrogens with one attached hydrogen (secondary N) is 1. The fraction of sp³-hybridized carbons (Fsp3) is 1.00. The highest BCUT2D eigenvalue weighted by Gasteiger charge is 2.24. The van der Waals surface area contributed by atoms with Crippen LogP contribution in [0.4, 0.5) is 0 Å². The molecule has 1 heterocycles. The summed E-state index contributed by atoms with van der Waals surface area (Å²) in [5.74, 6) is 1.39. The van der Waals surface area contributed by atoms with Crippen molar-refractivity contribution in [1.29, 1.82) is 0 Å². The maximum atomic E-state index is 3.72. The zero-order valence-electron chi connectivity index (χ0n) is 13.3. The zero-order chi connectivity index (χ0) is 13.8. The standard InChI is InChI=1S/C17H35NS/c1-3-5-6-7-8-9-10-11-13-16(18-4-2)17-14-12-15-19-17/h16-18H,3-15H2,1-2H3. The SMILES string of the molecule is CCCCCCCCCCC(NCC)C1CCCS1. The molecular weight excluding hydrogens is 250 g/mol. The highest BCUT2D eigenvalue weighted by Crippen LogP contribution is 2.30. The minimum Gasteiger partial charge on any atom is -0.313 e. The molecule has 0 amide bonds. The lowest BCUT2D eigenvalue weighted by molar-refractivity contribution is 0.442. The number of rotatable bonds is 12. The second-order valence-corrected chi connectivity index (χ2v) is 7.33. The topological polar surface area (TPSA) is 12.0 Å². The molecule has 0 bridgehead atoms. The molecule has 0 aromatic rings. The van der Waals surface area contributed by atoms with E-state index in [1.165, 1.54) is 76.4 Å². The average Bonchev–Trinajstić information content (AvgIpc) is 2.94. The normalized spacial score (nSPS) is 20.8. The summed E-state index contributed by atoms with van der Waals surface area (Å²) in [6.45, 7) is 5.68. The van der Waals surface area contributed by atoms with Crippen LogP contribution in [0.2, 0.25) is 0 Å². The molecule has 19 heavy (non-hydrogen) atoms. The fourth-order valence-electron chi connectivity index (χ4n) is 3.10. The van der Waals surface area contributed by atoms with E-state index >= 15 is 0 Å². The molecule has 1 rings (SSSR count). The van der Waals surface area contributed by atoms with Crippen LogP contribution in [0.25, 0.3) is 0 Å². The first-order valence-electron chi connectivity index (χ1n) is 8.73. The van der Waals surface area contributed by atoms with Gasteiger partial charge in [-0.05, 0) is 31.6 Å². The third kappa shape index (κ3) is 8.24. The molecule has 2 atom stereocenters. The van der Waals surface area contributed by atoms with Crippen molar-refractivity contribution in [3.05, 3.63) is 0 Å². The van der Waals surface area contributed by atoms with E-state index in [0.717, 1.165) is 17.8 Å². The predicted octanol–water partition coefficient (Wildman–Crippen LogP) is 5.39. The number of hydrogen-bond acceptors (Lipinski definition) is 2. The largest absolute Gasteiger partial charge is 0.313 e. The first kappa shape index (κ1) is 17.4. The van der Waals surface area contributed by atoms with Crippen molar-refractivity contribution in [3.63, 3.8) is 0 Å². The molecule has 0 spiro atoms. The van der Waals surface area contributed by atoms with Gasteiger partial charge >= 0.3 is 0 Å². The number of thioether (sulfide) groups is 1. The Kier molecular flexibility index (Phi) is 11.0. The lowest BCUT2D eigenvalue weighted by atomic mass is 10.0. The van der Waals surface area contributed by atoms with Crippen LogP contribution >= 0.6 is 11.8 Å². The molecule has 1 N–H and O–H groups in total. The summed E-state index contributed by atoms with van der Waals surface area (Å²) in [5, 5.41) is 4.63. The van der Waals surface area contributed by atoms with E-state index < -0.39 is 0 Å². The molecule has 2 heteroatoms. The molecule has 0 aromatic heterocycles. The minimum absolute atomic E-state index is 0.789. The van der Waals surface area contributed by atoms with E-state index in [2.05, 4.69) is 30.9 Å². The fourth-order valence-corrected chi connectivity index (χ4v) is 4.53. The predicted molar refractivity (Wildman–Crippen MR) is 90.2 cm³/mol. The molecule has 0 radical (unpaired) electrons. The molecule has 1 fully saturated rings. The van der Waals surface area contributed by atoms with Gasteiger partial charge in [0.2, 0.25) is 0 Å².